The van der Waals surface area contributed by atoms with Crippen LogP contribution in [0.3, 0.4) is 0 Å². The van der Waals surface area contributed by atoms with Gasteiger partial charge in [-0.25, -0.2) is 9.67 Å². The number of imide groups is 1. The highest BCUT2D eigenvalue weighted by atomic mass is 79.9. The maximum absolute atomic E-state index is 12.8. The average molecular weight is 434 g/mol. The predicted molar refractivity (Wildman–Crippen MR) is 106 cm³/mol. The summed E-state index contributed by atoms with van der Waals surface area (Å²) in [6.07, 6.45) is 4.80. The van der Waals surface area contributed by atoms with Gasteiger partial charge in [0.1, 0.15) is 5.69 Å². The fourth-order valence-corrected chi connectivity index (χ4v) is 3.64. The van der Waals surface area contributed by atoms with E-state index in [0.717, 1.165) is 20.6 Å². The third-order valence-corrected chi connectivity index (χ3v) is 5.28. The van der Waals surface area contributed by atoms with Crippen LogP contribution in [0.5, 0.6) is 0 Å². The molecule has 0 saturated carbocycles. The van der Waals surface area contributed by atoms with Gasteiger partial charge in [0, 0.05) is 35.7 Å². The number of rotatable bonds is 2. The van der Waals surface area contributed by atoms with Gasteiger partial charge in [0.25, 0.3) is 11.8 Å². The van der Waals surface area contributed by atoms with Crippen molar-refractivity contribution >= 4 is 38.8 Å². The molecule has 0 aliphatic carbocycles. The fraction of sp³-hybridized carbons (Fsp3) is 0.0500. The number of hydrogen-bond donors (Lipinski definition) is 0. The zero-order valence-corrected chi connectivity index (χ0v) is 16.2. The lowest BCUT2D eigenvalue weighted by Crippen LogP contribution is -2.24. The molecule has 4 aromatic rings. The Morgan fingerprint density at radius 1 is 1.00 bits per heavy atom. The minimum absolute atomic E-state index is 0.292. The number of hydrogen-bond acceptors (Lipinski definition) is 5. The van der Waals surface area contributed by atoms with Crippen LogP contribution < -0.4 is 0 Å². The van der Waals surface area contributed by atoms with Gasteiger partial charge >= 0.3 is 0 Å². The molecule has 0 saturated heterocycles. The Labute approximate surface area is 167 Å². The van der Waals surface area contributed by atoms with E-state index >= 15 is 0 Å². The lowest BCUT2D eigenvalue weighted by molar-refractivity contribution is 0.0693. The number of carbonyl (C=O) groups is 2. The number of aromatic nitrogens is 4. The fourth-order valence-electron chi connectivity index (χ4n) is 3.38. The maximum atomic E-state index is 12.8. The molecule has 0 atom stereocenters. The highest BCUT2D eigenvalue weighted by molar-refractivity contribution is 9.10. The second-order valence-corrected chi connectivity index (χ2v) is 7.31. The van der Waals surface area contributed by atoms with Gasteiger partial charge in [-0.15, -0.1) is 0 Å². The summed E-state index contributed by atoms with van der Waals surface area (Å²) < 4.78 is 2.62. The summed E-state index contributed by atoms with van der Waals surface area (Å²) in [6, 6.07) is 11.3. The van der Waals surface area contributed by atoms with Crippen LogP contribution in [0, 0.1) is 0 Å². The Bertz CT molecular complexity index is 1270. The first-order chi connectivity index (χ1) is 13.6. The summed E-state index contributed by atoms with van der Waals surface area (Å²) >= 11 is 3.43. The van der Waals surface area contributed by atoms with Gasteiger partial charge in [-0.3, -0.25) is 19.5 Å². The van der Waals surface area contributed by atoms with Crippen molar-refractivity contribution in [3.63, 3.8) is 0 Å². The zero-order valence-electron chi connectivity index (χ0n) is 14.6. The van der Waals surface area contributed by atoms with Gasteiger partial charge in [0.05, 0.1) is 22.2 Å². The van der Waals surface area contributed by atoms with Crippen LogP contribution >= 0.6 is 15.9 Å². The van der Waals surface area contributed by atoms with Crippen molar-refractivity contribution < 1.29 is 9.59 Å². The molecule has 2 amide bonds. The first kappa shape index (κ1) is 16.8. The number of carbonyl (C=O) groups excluding carboxylic acids is 2. The largest absolute Gasteiger partial charge is 0.277 e. The average Bonchev–Trinajstić information content (AvgIpc) is 3.21. The molecule has 0 N–H and O–H groups in total. The highest BCUT2D eigenvalue weighted by Crippen LogP contribution is 2.36. The van der Waals surface area contributed by atoms with Crippen LogP contribution in [0.15, 0.2) is 59.5 Å². The van der Waals surface area contributed by atoms with Crippen LogP contribution in [0.2, 0.25) is 0 Å². The molecule has 0 bridgehead atoms. The van der Waals surface area contributed by atoms with Crippen molar-refractivity contribution in [2.45, 2.75) is 0 Å². The van der Waals surface area contributed by atoms with Gasteiger partial charge in [0.15, 0.2) is 5.65 Å². The van der Waals surface area contributed by atoms with Gasteiger partial charge in [-0.05, 0) is 36.4 Å². The zero-order chi connectivity index (χ0) is 19.4. The van der Waals surface area contributed by atoms with Gasteiger partial charge in [-0.2, -0.15) is 5.10 Å². The van der Waals surface area contributed by atoms with Crippen LogP contribution in [0.1, 0.15) is 20.7 Å². The summed E-state index contributed by atoms with van der Waals surface area (Å²) in [5, 5.41) is 5.29. The Balaban J connectivity index is 1.89. The molecule has 1 aliphatic heterocycles. The van der Waals surface area contributed by atoms with E-state index in [-0.39, 0.29) is 11.8 Å². The summed E-state index contributed by atoms with van der Waals surface area (Å²) in [5.74, 6) is -0.712. The predicted octanol–water partition coefficient (Wildman–Crippen LogP) is 3.47. The van der Waals surface area contributed by atoms with Crippen LogP contribution in [0.4, 0.5) is 0 Å². The van der Waals surface area contributed by atoms with E-state index in [9.17, 15) is 9.59 Å². The quantitative estimate of drug-likeness (QED) is 0.452. The topological polar surface area (TPSA) is 81.0 Å². The van der Waals surface area contributed by atoms with Gasteiger partial charge in [0.2, 0.25) is 0 Å². The summed E-state index contributed by atoms with van der Waals surface area (Å²) in [4.78, 5) is 35.0. The van der Waals surface area contributed by atoms with Crippen molar-refractivity contribution in [1.82, 2.24) is 24.6 Å². The standard InChI is InChI=1S/C20H12BrN5O2/c1-25-19(27)14-10-23-18-16(15(14)20(25)28)17(11-3-2-8-22-9-11)24-26(18)13-6-4-12(21)5-7-13/h2-10H,1H3. The van der Waals surface area contributed by atoms with E-state index in [1.807, 2.05) is 30.3 Å². The second-order valence-electron chi connectivity index (χ2n) is 6.39. The van der Waals surface area contributed by atoms with Gasteiger partial charge < -0.3 is 0 Å². The van der Waals surface area contributed by atoms with E-state index in [0.29, 0.717) is 27.9 Å². The Morgan fingerprint density at radius 3 is 2.50 bits per heavy atom. The Kier molecular flexibility index (Phi) is 3.63. The van der Waals surface area contributed by atoms with Crippen LogP contribution in [-0.2, 0) is 0 Å². The number of pyridine rings is 2. The summed E-state index contributed by atoms with van der Waals surface area (Å²) in [5.41, 5.74) is 3.23. The number of halogens is 1. The van der Waals surface area contributed by atoms with Crippen molar-refractivity contribution in [2.75, 3.05) is 7.05 Å². The smallest absolute Gasteiger partial charge is 0.262 e. The van der Waals surface area contributed by atoms with Gasteiger partial charge in [-0.1, -0.05) is 15.9 Å². The third kappa shape index (κ3) is 2.31. The Hall–Kier alpha value is -3.39. The summed E-state index contributed by atoms with van der Waals surface area (Å²) in [7, 11) is 1.47. The molecule has 4 heterocycles. The molecule has 5 rings (SSSR count). The van der Waals surface area contributed by atoms with E-state index in [4.69, 9.17) is 5.10 Å². The molecule has 0 spiro atoms. The van der Waals surface area contributed by atoms with E-state index in [1.54, 1.807) is 23.1 Å². The number of nitrogens with zero attached hydrogens (tertiary/aromatic N) is 5. The lowest BCUT2D eigenvalue weighted by atomic mass is 10.0. The number of amides is 2. The first-order valence-electron chi connectivity index (χ1n) is 8.46. The molecule has 8 heteroatoms. The van der Waals surface area contributed by atoms with Crippen LogP contribution in [0.25, 0.3) is 28.0 Å². The highest BCUT2D eigenvalue weighted by Gasteiger charge is 2.37. The molecule has 0 unspecified atom stereocenters. The molecule has 1 aromatic carbocycles. The Morgan fingerprint density at radius 2 is 1.79 bits per heavy atom. The van der Waals surface area contributed by atoms with Crippen molar-refractivity contribution in [3.05, 3.63) is 70.6 Å². The minimum atomic E-state index is -0.358. The van der Waals surface area contributed by atoms with Crippen LogP contribution in [-0.4, -0.2) is 43.5 Å². The second kappa shape index (κ2) is 6.07. The molecule has 7 nitrogen and oxygen atoms in total. The lowest BCUT2D eigenvalue weighted by Gasteiger charge is -2.03. The molecular formula is C20H12BrN5O2. The SMILES string of the molecule is CN1C(=O)c2cnc3c(c(-c4cccnc4)nn3-c3ccc(Br)cc3)c2C1=O. The number of fused-ring (bicyclic) bond motifs is 3. The third-order valence-electron chi connectivity index (χ3n) is 4.76. The van der Waals surface area contributed by atoms with Crippen molar-refractivity contribution in [2.24, 2.45) is 0 Å². The molecule has 1 aliphatic rings. The molecule has 3 aromatic heterocycles. The molecule has 136 valence electrons. The van der Waals surface area contributed by atoms with Crippen molar-refractivity contribution in [1.29, 1.82) is 0 Å². The van der Waals surface area contributed by atoms with E-state index in [1.165, 1.54) is 13.2 Å². The minimum Gasteiger partial charge on any atom is -0.277 e. The first-order valence-corrected chi connectivity index (χ1v) is 9.26. The molecular weight excluding hydrogens is 422 g/mol. The number of benzene rings is 1. The normalized spacial score (nSPS) is 13.4. The maximum Gasteiger partial charge on any atom is 0.262 e. The van der Waals surface area contributed by atoms with Crippen molar-refractivity contribution in [3.8, 4) is 16.9 Å². The monoisotopic (exact) mass is 433 g/mol. The van der Waals surface area contributed by atoms with E-state index < -0.39 is 0 Å². The summed E-state index contributed by atoms with van der Waals surface area (Å²) in [6.45, 7) is 0. The molecule has 0 fully saturated rings. The molecule has 28 heavy (non-hydrogen) atoms. The molecule has 0 radical (unpaired) electrons. The van der Waals surface area contributed by atoms with E-state index in [2.05, 4.69) is 25.9 Å².